The molecule has 0 amide bonds. The van der Waals surface area contributed by atoms with E-state index in [1.807, 2.05) is 32.5 Å². The molecule has 0 bridgehead atoms. The first kappa shape index (κ1) is 31.3. The highest BCUT2D eigenvalue weighted by Crippen LogP contribution is 2.22. The third-order valence-electron chi connectivity index (χ3n) is 4.96. The van der Waals surface area contributed by atoms with E-state index in [4.69, 9.17) is 13.3 Å². The lowest BCUT2D eigenvalue weighted by Crippen LogP contribution is -2.46. The van der Waals surface area contributed by atoms with Gasteiger partial charge >= 0.3 is 14.8 Å². The predicted octanol–water partition coefficient (Wildman–Crippen LogP) is 6.88. The highest BCUT2D eigenvalue weighted by Gasteiger charge is 2.39. The third-order valence-corrected chi connectivity index (χ3v) is 10.6. The maximum absolute atomic E-state index is 11.4. The van der Waals surface area contributed by atoms with E-state index in [2.05, 4.69) is 6.92 Å². The van der Waals surface area contributed by atoms with Crippen molar-refractivity contribution in [2.45, 2.75) is 103 Å². The minimum Gasteiger partial charge on any atom is -0.480 e. The van der Waals surface area contributed by atoms with E-state index >= 15 is 0 Å². The number of carbonyl (C=O) groups is 1. The molecule has 1 N–H and O–H groups in total. The Morgan fingerprint density at radius 2 is 1.32 bits per heavy atom. The summed E-state index contributed by atoms with van der Waals surface area (Å²) in [5, 5.41) is 9.15. The van der Waals surface area contributed by atoms with Gasteiger partial charge in [0.15, 0.2) is 0 Å². The summed E-state index contributed by atoms with van der Waals surface area (Å²) in [5.74, 6) is 2.64. The minimum atomic E-state index is -2.47. The van der Waals surface area contributed by atoms with Gasteiger partial charge in [-0.25, -0.2) is 0 Å². The zero-order chi connectivity index (χ0) is 23.2. The first-order chi connectivity index (χ1) is 15.0. The molecule has 5 nitrogen and oxygen atoms in total. The van der Waals surface area contributed by atoms with Crippen molar-refractivity contribution in [3.8, 4) is 0 Å². The van der Waals surface area contributed by atoms with Gasteiger partial charge in [-0.05, 0) is 63.7 Å². The molecule has 186 valence electrons. The van der Waals surface area contributed by atoms with Crippen molar-refractivity contribution in [1.82, 2.24) is 0 Å². The van der Waals surface area contributed by atoms with Crippen molar-refractivity contribution >= 4 is 38.3 Å². The highest BCUT2D eigenvalue weighted by atomic mass is 32.2. The fraction of sp³-hybridized carbons (Fsp3) is 0.957. The molecule has 0 heterocycles. The first-order valence-electron chi connectivity index (χ1n) is 12.4. The molecule has 0 aromatic heterocycles. The second-order valence-electron chi connectivity index (χ2n) is 7.66. The SMILES string of the molecule is CCCCCCC(SCCCCCCSCCC[Si](OCC)(OCC)OCC)C(=O)O. The second-order valence-corrected chi connectivity index (χ2v) is 12.9. The van der Waals surface area contributed by atoms with E-state index in [0.29, 0.717) is 19.8 Å². The maximum atomic E-state index is 11.4. The van der Waals surface area contributed by atoms with E-state index in [0.717, 1.165) is 49.7 Å². The Morgan fingerprint density at radius 1 is 0.774 bits per heavy atom. The predicted molar refractivity (Wildman–Crippen MR) is 138 cm³/mol. The lowest BCUT2D eigenvalue weighted by molar-refractivity contribution is -0.136. The topological polar surface area (TPSA) is 65.0 Å². The van der Waals surface area contributed by atoms with Gasteiger partial charge in [0.1, 0.15) is 5.25 Å². The number of carboxylic acid groups (broad SMARTS) is 1. The number of hydrogen-bond donors (Lipinski definition) is 1. The lowest BCUT2D eigenvalue weighted by atomic mass is 10.1. The molecule has 8 heteroatoms. The molecule has 0 aromatic rings. The molecule has 0 radical (unpaired) electrons. The van der Waals surface area contributed by atoms with Crippen molar-refractivity contribution in [2.24, 2.45) is 0 Å². The zero-order valence-corrected chi connectivity index (χ0v) is 23.1. The van der Waals surface area contributed by atoms with Gasteiger partial charge in [-0.1, -0.05) is 45.4 Å². The van der Waals surface area contributed by atoms with Crippen LogP contribution in [-0.2, 0) is 18.1 Å². The van der Waals surface area contributed by atoms with Gasteiger partial charge in [-0.3, -0.25) is 4.79 Å². The van der Waals surface area contributed by atoms with Crippen LogP contribution in [0.3, 0.4) is 0 Å². The van der Waals surface area contributed by atoms with E-state index in [1.54, 1.807) is 11.8 Å². The Kier molecular flexibility index (Phi) is 22.3. The maximum Gasteiger partial charge on any atom is 0.500 e. The monoisotopic (exact) mass is 496 g/mol. The number of thioether (sulfide) groups is 2. The van der Waals surface area contributed by atoms with Crippen molar-refractivity contribution in [3.63, 3.8) is 0 Å². The molecule has 0 aromatic carbocycles. The van der Waals surface area contributed by atoms with Gasteiger partial charge in [0.25, 0.3) is 0 Å². The van der Waals surface area contributed by atoms with Crippen molar-refractivity contribution in [1.29, 1.82) is 0 Å². The van der Waals surface area contributed by atoms with Crippen LogP contribution in [0.2, 0.25) is 6.04 Å². The van der Waals surface area contributed by atoms with Gasteiger partial charge in [-0.15, -0.1) is 11.8 Å². The van der Waals surface area contributed by atoms with Gasteiger partial charge in [0.05, 0.1) is 0 Å². The van der Waals surface area contributed by atoms with Crippen LogP contribution in [0.1, 0.15) is 91.9 Å². The fourth-order valence-corrected chi connectivity index (χ4v) is 8.37. The van der Waals surface area contributed by atoms with Gasteiger partial charge < -0.3 is 18.4 Å². The third kappa shape index (κ3) is 17.4. The average Bonchev–Trinajstić information content (AvgIpc) is 2.73. The van der Waals surface area contributed by atoms with Crippen LogP contribution in [-0.4, -0.2) is 62.2 Å². The molecule has 0 aliphatic heterocycles. The zero-order valence-electron chi connectivity index (χ0n) is 20.5. The number of carboxylic acids is 1. The Balaban J connectivity index is 3.74. The molecular formula is C23H48O5S2Si. The van der Waals surface area contributed by atoms with Crippen LogP contribution in [0.4, 0.5) is 0 Å². The Labute approximate surface area is 201 Å². The largest absolute Gasteiger partial charge is 0.500 e. The smallest absolute Gasteiger partial charge is 0.480 e. The molecule has 0 fully saturated rings. The van der Waals surface area contributed by atoms with Crippen molar-refractivity contribution in [2.75, 3.05) is 37.1 Å². The highest BCUT2D eigenvalue weighted by molar-refractivity contribution is 8.00. The van der Waals surface area contributed by atoms with Crippen LogP contribution in [0.15, 0.2) is 0 Å². The second kappa shape index (κ2) is 22.1. The van der Waals surface area contributed by atoms with Crippen molar-refractivity contribution in [3.05, 3.63) is 0 Å². The van der Waals surface area contributed by atoms with Crippen LogP contribution in [0.5, 0.6) is 0 Å². The van der Waals surface area contributed by atoms with E-state index < -0.39 is 14.8 Å². The van der Waals surface area contributed by atoms with Crippen LogP contribution >= 0.6 is 23.5 Å². The summed E-state index contributed by atoms with van der Waals surface area (Å²) >= 11 is 3.65. The van der Waals surface area contributed by atoms with Gasteiger partial charge in [0, 0.05) is 25.9 Å². The number of unbranched alkanes of at least 4 members (excludes halogenated alkanes) is 6. The van der Waals surface area contributed by atoms with Gasteiger partial charge in [-0.2, -0.15) is 11.8 Å². The fourth-order valence-electron chi connectivity index (χ4n) is 3.41. The summed E-state index contributed by atoms with van der Waals surface area (Å²) < 4.78 is 17.7. The molecule has 0 aliphatic rings. The van der Waals surface area contributed by atoms with E-state index in [-0.39, 0.29) is 5.25 Å². The molecule has 1 unspecified atom stereocenters. The first-order valence-corrected chi connectivity index (χ1v) is 16.5. The van der Waals surface area contributed by atoms with Gasteiger partial charge in [0.2, 0.25) is 0 Å². The molecule has 0 saturated heterocycles. The standard InChI is InChI=1S/C23H48O5S2Si/c1-5-9-10-13-17-22(23(24)25)30-20-15-12-11-14-18-29-19-16-21-31(26-6-2,27-7-3)28-8-4/h22H,5-21H2,1-4H3,(H,24,25). The van der Waals surface area contributed by atoms with E-state index in [9.17, 15) is 9.90 Å². The number of aliphatic carboxylic acids is 1. The van der Waals surface area contributed by atoms with Crippen molar-refractivity contribution < 1.29 is 23.2 Å². The van der Waals surface area contributed by atoms with E-state index in [1.165, 1.54) is 37.9 Å². The normalized spacial score (nSPS) is 12.9. The van der Waals surface area contributed by atoms with Crippen LogP contribution in [0.25, 0.3) is 0 Å². The molecule has 1 atom stereocenters. The Morgan fingerprint density at radius 3 is 1.87 bits per heavy atom. The molecule has 0 rings (SSSR count). The minimum absolute atomic E-state index is 0.215. The summed E-state index contributed by atoms with van der Waals surface area (Å²) in [7, 11) is -2.47. The molecule has 0 spiro atoms. The summed E-state index contributed by atoms with van der Waals surface area (Å²) in [6.45, 7) is 10.1. The Hall–Kier alpha value is 0.267. The van der Waals surface area contributed by atoms with Crippen LogP contribution in [0, 0.1) is 0 Å². The summed E-state index contributed by atoms with van der Waals surface area (Å²) in [6.07, 6.45) is 11.3. The number of rotatable bonds is 24. The molecule has 0 aliphatic carbocycles. The molecular weight excluding hydrogens is 448 g/mol. The molecule has 31 heavy (non-hydrogen) atoms. The number of hydrogen-bond acceptors (Lipinski definition) is 6. The lowest BCUT2D eigenvalue weighted by Gasteiger charge is -2.28. The average molecular weight is 497 g/mol. The summed E-state index contributed by atoms with van der Waals surface area (Å²) in [5.41, 5.74) is 0. The molecule has 0 saturated carbocycles. The quantitative estimate of drug-likeness (QED) is 0.115. The summed E-state index contributed by atoms with van der Waals surface area (Å²) in [4.78, 5) is 11.4. The Bertz CT molecular complexity index is 398. The summed E-state index contributed by atoms with van der Waals surface area (Å²) in [6, 6.07) is 0.899. The van der Waals surface area contributed by atoms with Crippen LogP contribution < -0.4 is 0 Å².